The second-order valence-electron chi connectivity index (χ2n) is 9.53. The highest BCUT2D eigenvalue weighted by Crippen LogP contribution is 2.20. The molecule has 11 nitrogen and oxygen atoms in total. The van der Waals surface area contributed by atoms with Gasteiger partial charge in [0.25, 0.3) is 0 Å². The molecule has 0 radical (unpaired) electrons. The molecule has 4 rings (SSSR count). The normalized spacial score (nSPS) is 18.1. The standard InChI is InChI=1S/C27H32FN5O6/c28-21-5-1-2-6-22(21)31-27(38)33-11-3-4-19(17-33)24(34)30-23(25(35)36)16-18-7-9-20(10-8-18)29-26(37)32-12-14-39-15-13-32/h1-2,5-10,19,23H,3-4,11-17H2,(H,29,37)(H,30,34)(H,31,38)(H,35,36)/t19?,23-/m0/s1. The molecule has 4 N–H and O–H groups in total. The molecule has 208 valence electrons. The molecule has 2 atom stereocenters. The molecule has 2 aromatic rings. The molecule has 0 spiro atoms. The number of para-hydroxylation sites is 1. The van der Waals surface area contributed by atoms with Gasteiger partial charge in [0, 0.05) is 38.3 Å². The third kappa shape index (κ3) is 7.66. The average molecular weight is 542 g/mol. The van der Waals surface area contributed by atoms with Crippen LogP contribution in [0.2, 0.25) is 0 Å². The van der Waals surface area contributed by atoms with Crippen molar-refractivity contribution in [3.63, 3.8) is 0 Å². The number of likely N-dealkylation sites (tertiary alicyclic amines) is 1. The van der Waals surface area contributed by atoms with Crippen molar-refractivity contribution in [3.05, 3.63) is 59.9 Å². The first-order chi connectivity index (χ1) is 18.8. The fraction of sp³-hybridized carbons (Fsp3) is 0.407. The predicted molar refractivity (Wildman–Crippen MR) is 141 cm³/mol. The SMILES string of the molecule is O=C(N[C@@H](Cc1ccc(NC(=O)N2CCOCC2)cc1)C(=O)O)C1CCCN(C(=O)Nc2ccccc2F)C1. The molecule has 1 unspecified atom stereocenters. The second-order valence-corrected chi connectivity index (χ2v) is 9.53. The van der Waals surface area contributed by atoms with Crippen LogP contribution in [0.3, 0.4) is 0 Å². The zero-order valence-corrected chi connectivity index (χ0v) is 21.4. The van der Waals surface area contributed by atoms with E-state index in [-0.39, 0.29) is 24.7 Å². The van der Waals surface area contributed by atoms with Crippen LogP contribution in [0.5, 0.6) is 0 Å². The van der Waals surface area contributed by atoms with Gasteiger partial charge in [0.2, 0.25) is 5.91 Å². The van der Waals surface area contributed by atoms with Crippen molar-refractivity contribution < 1.29 is 33.4 Å². The highest BCUT2D eigenvalue weighted by Gasteiger charge is 2.31. The Labute approximate surface area is 225 Å². The van der Waals surface area contributed by atoms with E-state index < -0.39 is 35.7 Å². The Kier molecular flexibility index (Phi) is 9.31. The smallest absolute Gasteiger partial charge is 0.326 e. The minimum atomic E-state index is -1.18. The lowest BCUT2D eigenvalue weighted by atomic mass is 9.96. The number of carbonyl (C=O) groups excluding carboxylic acids is 3. The summed E-state index contributed by atoms with van der Waals surface area (Å²) >= 11 is 0. The monoisotopic (exact) mass is 541 g/mol. The number of anilines is 2. The molecular weight excluding hydrogens is 509 g/mol. The van der Waals surface area contributed by atoms with Crippen LogP contribution in [-0.2, 0) is 20.7 Å². The molecule has 2 saturated heterocycles. The van der Waals surface area contributed by atoms with Crippen LogP contribution in [0.1, 0.15) is 18.4 Å². The van der Waals surface area contributed by atoms with E-state index in [1.807, 2.05) is 0 Å². The van der Waals surface area contributed by atoms with Crippen LogP contribution in [0.4, 0.5) is 25.4 Å². The summed E-state index contributed by atoms with van der Waals surface area (Å²) in [6.07, 6.45) is 1.10. The topological polar surface area (TPSA) is 140 Å². The zero-order valence-electron chi connectivity index (χ0n) is 21.4. The van der Waals surface area contributed by atoms with Crippen LogP contribution in [0.25, 0.3) is 0 Å². The summed E-state index contributed by atoms with van der Waals surface area (Å²) in [7, 11) is 0. The summed E-state index contributed by atoms with van der Waals surface area (Å²) in [4.78, 5) is 52.9. The number of carboxylic acids is 1. The highest BCUT2D eigenvalue weighted by atomic mass is 19.1. The van der Waals surface area contributed by atoms with Gasteiger partial charge in [0.15, 0.2) is 0 Å². The molecule has 5 amide bonds. The van der Waals surface area contributed by atoms with E-state index in [0.29, 0.717) is 56.9 Å². The lowest BCUT2D eigenvalue weighted by Crippen LogP contribution is -2.50. The van der Waals surface area contributed by atoms with Crippen LogP contribution in [0, 0.1) is 11.7 Å². The molecular formula is C27H32FN5O6. The van der Waals surface area contributed by atoms with Crippen LogP contribution in [0.15, 0.2) is 48.5 Å². The first-order valence-electron chi connectivity index (χ1n) is 12.9. The highest BCUT2D eigenvalue weighted by molar-refractivity contribution is 5.91. The quantitative estimate of drug-likeness (QED) is 0.425. The Morgan fingerprint density at radius 1 is 0.949 bits per heavy atom. The minimum absolute atomic E-state index is 0.0446. The Morgan fingerprint density at radius 2 is 1.64 bits per heavy atom. The van der Waals surface area contributed by atoms with E-state index in [9.17, 15) is 28.7 Å². The molecule has 0 saturated carbocycles. The van der Waals surface area contributed by atoms with Crippen LogP contribution < -0.4 is 16.0 Å². The van der Waals surface area contributed by atoms with Gasteiger partial charge in [-0.3, -0.25) is 4.79 Å². The first kappa shape index (κ1) is 27.8. The largest absolute Gasteiger partial charge is 0.480 e. The van der Waals surface area contributed by atoms with Gasteiger partial charge in [-0.15, -0.1) is 0 Å². The maximum absolute atomic E-state index is 13.9. The van der Waals surface area contributed by atoms with E-state index in [1.54, 1.807) is 35.2 Å². The first-order valence-corrected chi connectivity index (χ1v) is 12.9. The molecule has 12 heteroatoms. The summed E-state index contributed by atoms with van der Waals surface area (Å²) < 4.78 is 19.1. The van der Waals surface area contributed by atoms with Gasteiger partial charge in [-0.25, -0.2) is 18.8 Å². The van der Waals surface area contributed by atoms with Gasteiger partial charge >= 0.3 is 18.0 Å². The molecule has 0 bridgehead atoms. The van der Waals surface area contributed by atoms with Gasteiger partial charge in [0.05, 0.1) is 24.8 Å². The summed E-state index contributed by atoms with van der Waals surface area (Å²) in [5, 5.41) is 17.7. The van der Waals surface area contributed by atoms with Gasteiger partial charge in [-0.1, -0.05) is 24.3 Å². The number of carboxylic acid groups (broad SMARTS) is 1. The summed E-state index contributed by atoms with van der Waals surface area (Å²) in [6.45, 7) is 2.51. The minimum Gasteiger partial charge on any atom is -0.480 e. The molecule has 2 aromatic carbocycles. The van der Waals surface area contributed by atoms with Gasteiger partial charge in [-0.05, 0) is 42.7 Å². The number of morpholine rings is 1. The second kappa shape index (κ2) is 13.1. The number of carbonyl (C=O) groups is 4. The summed E-state index contributed by atoms with van der Waals surface area (Å²) in [5.41, 5.74) is 1.29. The third-order valence-electron chi connectivity index (χ3n) is 6.75. The zero-order chi connectivity index (χ0) is 27.8. The maximum atomic E-state index is 13.9. The molecule has 39 heavy (non-hydrogen) atoms. The lowest BCUT2D eigenvalue weighted by Gasteiger charge is -2.32. The Balaban J connectivity index is 1.30. The molecule has 0 aromatic heterocycles. The van der Waals surface area contributed by atoms with E-state index in [0.717, 1.165) is 0 Å². The lowest BCUT2D eigenvalue weighted by molar-refractivity contribution is -0.142. The van der Waals surface area contributed by atoms with Crippen molar-refractivity contribution in [2.24, 2.45) is 5.92 Å². The number of hydrogen-bond donors (Lipinski definition) is 4. The average Bonchev–Trinajstić information content (AvgIpc) is 2.95. The number of halogens is 1. The van der Waals surface area contributed by atoms with Crippen molar-refractivity contribution in [2.45, 2.75) is 25.3 Å². The van der Waals surface area contributed by atoms with Crippen molar-refractivity contribution in [1.82, 2.24) is 15.1 Å². The van der Waals surface area contributed by atoms with Crippen molar-refractivity contribution >= 4 is 35.3 Å². The number of amides is 5. The number of piperidine rings is 1. The number of nitrogens with zero attached hydrogens (tertiary/aromatic N) is 2. The van der Waals surface area contributed by atoms with Crippen LogP contribution in [-0.4, -0.2) is 84.3 Å². The number of aliphatic carboxylic acids is 1. The summed E-state index contributed by atoms with van der Waals surface area (Å²) in [6, 6.07) is 10.7. The van der Waals surface area contributed by atoms with Crippen LogP contribution >= 0.6 is 0 Å². The van der Waals surface area contributed by atoms with E-state index in [2.05, 4.69) is 16.0 Å². The molecule has 2 aliphatic rings. The van der Waals surface area contributed by atoms with E-state index in [4.69, 9.17) is 4.74 Å². The van der Waals surface area contributed by atoms with E-state index >= 15 is 0 Å². The fourth-order valence-corrected chi connectivity index (χ4v) is 4.55. The van der Waals surface area contributed by atoms with Crippen molar-refractivity contribution in [2.75, 3.05) is 50.0 Å². The van der Waals surface area contributed by atoms with Crippen molar-refractivity contribution in [3.8, 4) is 0 Å². The summed E-state index contributed by atoms with van der Waals surface area (Å²) in [5.74, 6) is -2.79. The third-order valence-corrected chi connectivity index (χ3v) is 6.75. The van der Waals surface area contributed by atoms with Crippen molar-refractivity contribution in [1.29, 1.82) is 0 Å². The molecule has 2 fully saturated rings. The predicted octanol–water partition coefficient (Wildman–Crippen LogP) is 2.75. The number of benzene rings is 2. The molecule has 2 heterocycles. The van der Waals surface area contributed by atoms with Gasteiger partial charge in [-0.2, -0.15) is 0 Å². The molecule has 0 aliphatic carbocycles. The maximum Gasteiger partial charge on any atom is 0.326 e. The Morgan fingerprint density at radius 3 is 2.33 bits per heavy atom. The Bertz CT molecular complexity index is 1190. The number of nitrogens with one attached hydrogen (secondary N) is 3. The fourth-order valence-electron chi connectivity index (χ4n) is 4.55. The Hall–Kier alpha value is -4.19. The number of hydrogen-bond acceptors (Lipinski definition) is 5. The van der Waals surface area contributed by atoms with Gasteiger partial charge < -0.3 is 35.6 Å². The van der Waals surface area contributed by atoms with E-state index in [1.165, 1.54) is 23.1 Å². The number of urea groups is 2. The van der Waals surface area contributed by atoms with Gasteiger partial charge in [0.1, 0.15) is 11.9 Å². The number of ether oxygens (including phenoxy) is 1. The molecule has 2 aliphatic heterocycles. The number of rotatable bonds is 7.